The lowest BCUT2D eigenvalue weighted by Crippen LogP contribution is -2.40. The van der Waals surface area contributed by atoms with Crippen LogP contribution in [0.15, 0.2) is 48.5 Å². The summed E-state index contributed by atoms with van der Waals surface area (Å²) in [4.78, 5) is 25.1. The predicted octanol–water partition coefficient (Wildman–Crippen LogP) is 2.37. The van der Waals surface area contributed by atoms with E-state index in [0.29, 0.717) is 0 Å². The zero-order valence-corrected chi connectivity index (χ0v) is 14.7. The number of rotatable bonds is 6. The van der Waals surface area contributed by atoms with Crippen LogP contribution in [0.25, 0.3) is 11.1 Å². The van der Waals surface area contributed by atoms with E-state index in [0.717, 1.165) is 22.3 Å². The Morgan fingerprint density at radius 2 is 1.62 bits per heavy atom. The first kappa shape index (κ1) is 17.9. The molecule has 6 heteroatoms. The van der Waals surface area contributed by atoms with Crippen molar-refractivity contribution in [3.05, 3.63) is 59.7 Å². The van der Waals surface area contributed by atoms with Crippen molar-refractivity contribution in [3.8, 4) is 11.1 Å². The number of fused-ring (bicyclic) bond motifs is 3. The number of amides is 1. The Bertz CT molecular complexity index is 760. The smallest absolute Gasteiger partial charge is 0.410 e. The van der Waals surface area contributed by atoms with Gasteiger partial charge in [-0.25, -0.2) is 4.79 Å². The van der Waals surface area contributed by atoms with E-state index < -0.39 is 12.1 Å². The van der Waals surface area contributed by atoms with Crippen molar-refractivity contribution in [2.45, 2.75) is 5.92 Å². The lowest BCUT2D eigenvalue weighted by atomic mass is 9.98. The van der Waals surface area contributed by atoms with Gasteiger partial charge >= 0.3 is 12.1 Å². The molecular weight excluding hydrogens is 332 g/mol. The Labute approximate surface area is 152 Å². The maximum Gasteiger partial charge on any atom is 0.410 e. The van der Waals surface area contributed by atoms with Crippen LogP contribution >= 0.6 is 0 Å². The van der Waals surface area contributed by atoms with E-state index in [2.05, 4.69) is 29.0 Å². The lowest BCUT2D eigenvalue weighted by molar-refractivity contribution is -0.141. The van der Waals surface area contributed by atoms with Crippen LogP contribution in [0.2, 0.25) is 0 Å². The molecule has 1 aliphatic carbocycles. The molecule has 0 atom stereocenters. The number of methoxy groups -OCH3 is 1. The van der Waals surface area contributed by atoms with Gasteiger partial charge in [0.15, 0.2) is 0 Å². The van der Waals surface area contributed by atoms with Crippen LogP contribution in [-0.4, -0.2) is 50.3 Å². The summed E-state index contributed by atoms with van der Waals surface area (Å²) in [5.41, 5.74) is 10.1. The van der Waals surface area contributed by atoms with Crippen LogP contribution in [0.3, 0.4) is 0 Å². The molecule has 0 fully saturated rings. The summed E-state index contributed by atoms with van der Waals surface area (Å²) in [6.07, 6.45) is -0.567. The molecule has 2 aromatic carbocycles. The summed E-state index contributed by atoms with van der Waals surface area (Å²) < 4.78 is 10.1. The third-order valence-corrected chi connectivity index (χ3v) is 4.54. The molecule has 0 aromatic heterocycles. The van der Waals surface area contributed by atoms with Gasteiger partial charge in [0.05, 0.1) is 7.11 Å². The number of nitrogens with two attached hydrogens (primary N) is 1. The Morgan fingerprint density at radius 1 is 1.04 bits per heavy atom. The van der Waals surface area contributed by atoms with Gasteiger partial charge in [-0.15, -0.1) is 0 Å². The van der Waals surface area contributed by atoms with E-state index in [4.69, 9.17) is 10.5 Å². The minimum atomic E-state index is -0.567. The highest BCUT2D eigenvalue weighted by atomic mass is 16.6. The second-order valence-electron chi connectivity index (χ2n) is 6.09. The highest BCUT2D eigenvalue weighted by Crippen LogP contribution is 2.44. The maximum absolute atomic E-state index is 12.4. The van der Waals surface area contributed by atoms with Crippen LogP contribution in [0, 0.1) is 0 Å². The number of carbonyl (C=O) groups excluding carboxylic acids is 2. The summed E-state index contributed by atoms with van der Waals surface area (Å²) in [7, 11) is 1.28. The van der Waals surface area contributed by atoms with Gasteiger partial charge in [-0.05, 0) is 22.3 Å². The predicted molar refractivity (Wildman–Crippen MR) is 97.7 cm³/mol. The molecule has 0 bridgehead atoms. The van der Waals surface area contributed by atoms with Gasteiger partial charge in [0.2, 0.25) is 0 Å². The van der Waals surface area contributed by atoms with Crippen LogP contribution < -0.4 is 5.73 Å². The van der Waals surface area contributed by atoms with E-state index in [1.165, 1.54) is 12.0 Å². The van der Waals surface area contributed by atoms with Crippen molar-refractivity contribution in [2.24, 2.45) is 5.73 Å². The molecule has 0 saturated heterocycles. The molecule has 2 N–H and O–H groups in total. The molecule has 0 unspecified atom stereocenters. The molecule has 0 spiro atoms. The molecule has 6 nitrogen and oxygen atoms in total. The fraction of sp³-hybridized carbons (Fsp3) is 0.300. The zero-order valence-electron chi connectivity index (χ0n) is 14.7. The van der Waals surface area contributed by atoms with Crippen molar-refractivity contribution in [2.75, 3.05) is 33.4 Å². The van der Waals surface area contributed by atoms with Gasteiger partial charge in [0.25, 0.3) is 0 Å². The van der Waals surface area contributed by atoms with Crippen LogP contribution in [-0.2, 0) is 14.3 Å². The molecule has 3 rings (SSSR count). The number of benzene rings is 2. The first-order valence-electron chi connectivity index (χ1n) is 8.52. The summed E-state index contributed by atoms with van der Waals surface area (Å²) in [5.74, 6) is -0.531. The molecule has 0 aliphatic heterocycles. The third-order valence-electron chi connectivity index (χ3n) is 4.54. The minimum Gasteiger partial charge on any atom is -0.468 e. The number of hydrogen-bond donors (Lipinski definition) is 1. The standard InChI is InChI=1S/C20H22N2O4/c1-25-19(23)12-22(11-10-21)20(24)26-13-18-16-8-4-2-6-14(16)15-7-3-5-9-17(15)18/h2-9,18H,10-13,21H2,1H3. The Kier molecular flexibility index (Phi) is 5.53. The highest BCUT2D eigenvalue weighted by molar-refractivity contribution is 5.80. The van der Waals surface area contributed by atoms with Crippen LogP contribution in [0.1, 0.15) is 17.0 Å². The quantitative estimate of drug-likeness (QED) is 0.806. The Balaban J connectivity index is 1.74. The monoisotopic (exact) mass is 354 g/mol. The van der Waals surface area contributed by atoms with Crippen LogP contribution in [0.5, 0.6) is 0 Å². The summed E-state index contributed by atoms with van der Waals surface area (Å²) in [6, 6.07) is 16.2. The highest BCUT2D eigenvalue weighted by Gasteiger charge is 2.29. The van der Waals surface area contributed by atoms with E-state index >= 15 is 0 Å². The third kappa shape index (κ3) is 3.55. The topological polar surface area (TPSA) is 81.9 Å². The second-order valence-corrected chi connectivity index (χ2v) is 6.09. The van der Waals surface area contributed by atoms with Gasteiger partial charge in [0.1, 0.15) is 13.2 Å². The minimum absolute atomic E-state index is 0.0239. The molecular formula is C20H22N2O4. The lowest BCUT2D eigenvalue weighted by Gasteiger charge is -2.22. The van der Waals surface area contributed by atoms with Crippen molar-refractivity contribution in [1.29, 1.82) is 0 Å². The Hall–Kier alpha value is -2.86. The molecule has 26 heavy (non-hydrogen) atoms. The van der Waals surface area contributed by atoms with Gasteiger partial charge in [-0.3, -0.25) is 9.69 Å². The van der Waals surface area contributed by atoms with Gasteiger partial charge < -0.3 is 15.2 Å². The number of ether oxygens (including phenoxy) is 2. The van der Waals surface area contributed by atoms with E-state index in [1.807, 2.05) is 24.3 Å². The fourth-order valence-corrected chi connectivity index (χ4v) is 3.30. The summed E-state index contributed by atoms with van der Waals surface area (Å²) in [6.45, 7) is 0.493. The summed E-state index contributed by atoms with van der Waals surface area (Å²) >= 11 is 0. The Morgan fingerprint density at radius 3 is 2.15 bits per heavy atom. The molecule has 2 aromatic rings. The number of esters is 1. The SMILES string of the molecule is COC(=O)CN(CCN)C(=O)OCC1c2ccccc2-c2ccccc21. The summed E-state index contributed by atoms with van der Waals surface area (Å²) in [5, 5.41) is 0. The van der Waals surface area contributed by atoms with Gasteiger partial charge in [-0.2, -0.15) is 0 Å². The van der Waals surface area contributed by atoms with Crippen molar-refractivity contribution in [3.63, 3.8) is 0 Å². The van der Waals surface area contributed by atoms with E-state index in [9.17, 15) is 9.59 Å². The maximum atomic E-state index is 12.4. The number of hydrogen-bond acceptors (Lipinski definition) is 5. The number of carbonyl (C=O) groups is 2. The average molecular weight is 354 g/mol. The molecule has 0 saturated carbocycles. The zero-order chi connectivity index (χ0) is 18.5. The first-order valence-corrected chi connectivity index (χ1v) is 8.52. The molecule has 136 valence electrons. The average Bonchev–Trinajstić information content (AvgIpc) is 2.99. The van der Waals surface area contributed by atoms with Crippen molar-refractivity contribution in [1.82, 2.24) is 4.90 Å². The molecule has 1 aliphatic rings. The van der Waals surface area contributed by atoms with E-state index in [1.54, 1.807) is 0 Å². The molecule has 0 radical (unpaired) electrons. The fourth-order valence-electron chi connectivity index (χ4n) is 3.30. The van der Waals surface area contributed by atoms with Gasteiger partial charge in [0, 0.05) is 19.0 Å². The largest absolute Gasteiger partial charge is 0.468 e. The van der Waals surface area contributed by atoms with Crippen molar-refractivity contribution < 1.29 is 19.1 Å². The number of nitrogens with zero attached hydrogens (tertiary/aromatic N) is 1. The normalized spacial score (nSPS) is 12.2. The van der Waals surface area contributed by atoms with E-state index in [-0.39, 0.29) is 32.2 Å². The molecule has 0 heterocycles. The van der Waals surface area contributed by atoms with Gasteiger partial charge in [-0.1, -0.05) is 48.5 Å². The second kappa shape index (κ2) is 8.01. The van der Waals surface area contributed by atoms with Crippen molar-refractivity contribution >= 4 is 12.1 Å². The molecule has 1 amide bonds. The van der Waals surface area contributed by atoms with Crippen LogP contribution in [0.4, 0.5) is 4.79 Å². The first-order chi connectivity index (χ1) is 12.7.